The molecule has 0 aliphatic carbocycles. The van der Waals surface area contributed by atoms with Crippen LogP contribution in [0.4, 0.5) is 10.2 Å². The maximum absolute atomic E-state index is 15.3. The lowest BCUT2D eigenvalue weighted by molar-refractivity contribution is 0.277. The Balaban J connectivity index is 1.43. The van der Waals surface area contributed by atoms with E-state index in [1.165, 1.54) is 6.07 Å². The van der Waals surface area contributed by atoms with Crippen LogP contribution in [0.15, 0.2) is 36.8 Å². The molecule has 1 atom stereocenters. The summed E-state index contributed by atoms with van der Waals surface area (Å²) in [5.74, 6) is 0.767. The molecule has 39 heavy (non-hydrogen) atoms. The van der Waals surface area contributed by atoms with Crippen LogP contribution in [-0.2, 0) is 6.42 Å². The molecule has 0 unspecified atom stereocenters. The van der Waals surface area contributed by atoms with Gasteiger partial charge in [0, 0.05) is 54.1 Å². The lowest BCUT2D eigenvalue weighted by atomic mass is 9.84. The summed E-state index contributed by atoms with van der Waals surface area (Å²) in [4.78, 5) is 10.6. The molecule has 3 aromatic heterocycles. The number of anilines is 1. The summed E-state index contributed by atoms with van der Waals surface area (Å²) in [5, 5.41) is 9.48. The number of aromatic amines is 1. The van der Waals surface area contributed by atoms with Crippen molar-refractivity contribution < 1.29 is 9.13 Å². The number of aromatic nitrogens is 4. The first-order valence-electron chi connectivity index (χ1n) is 12.8. The third-order valence-corrected chi connectivity index (χ3v) is 9.44. The number of fused-ring (bicyclic) bond motifs is 1. The third-order valence-electron chi connectivity index (χ3n) is 7.22. The Morgan fingerprint density at radius 2 is 1.87 bits per heavy atom. The predicted molar refractivity (Wildman–Crippen MR) is 163 cm³/mol. The van der Waals surface area contributed by atoms with E-state index < -0.39 is 6.89 Å². The highest BCUT2D eigenvalue weighted by atomic mass is 35.5. The Hall–Kier alpha value is -2.60. The van der Waals surface area contributed by atoms with Crippen LogP contribution in [-0.4, -0.2) is 66.2 Å². The highest BCUT2D eigenvalue weighted by molar-refractivity contribution is 7.72. The van der Waals surface area contributed by atoms with Gasteiger partial charge in [0.1, 0.15) is 11.4 Å². The molecule has 206 valence electrons. The molecule has 1 aliphatic heterocycles. The molecule has 4 heterocycles. The molecular formula is C29H33Cl2FN5OP. The van der Waals surface area contributed by atoms with Crippen LogP contribution in [0.2, 0.25) is 10.0 Å². The van der Waals surface area contributed by atoms with E-state index in [0.717, 1.165) is 47.0 Å². The number of nitrogens with one attached hydrogen (secondary N) is 1. The number of H-pyrrole nitrogens is 1. The average Bonchev–Trinajstić information content (AvgIpc) is 3.23. The molecule has 4 aromatic rings. The number of nitrogens with zero attached hydrogens (tertiary/aromatic N) is 4. The number of ether oxygens (including phenoxy) is 1. The lowest BCUT2D eigenvalue weighted by Gasteiger charge is -2.50. The van der Waals surface area contributed by atoms with Gasteiger partial charge in [-0.25, -0.2) is 9.37 Å². The lowest BCUT2D eigenvalue weighted by Crippen LogP contribution is -2.57. The molecule has 1 fully saturated rings. The van der Waals surface area contributed by atoms with Crippen molar-refractivity contribution in [3.63, 3.8) is 0 Å². The smallest absolute Gasteiger partial charge is 0.166 e. The first-order chi connectivity index (χ1) is 18.4. The molecule has 5 rings (SSSR count). The van der Waals surface area contributed by atoms with Gasteiger partial charge in [0.25, 0.3) is 0 Å². The number of pyridine rings is 2. The Morgan fingerprint density at radius 3 is 2.49 bits per heavy atom. The highest BCUT2D eigenvalue weighted by Crippen LogP contribution is 2.47. The summed E-state index contributed by atoms with van der Waals surface area (Å²) in [5.41, 5.74) is 4.00. The first-order valence-corrected chi connectivity index (χ1v) is 16.6. The zero-order valence-corrected chi connectivity index (χ0v) is 25.3. The van der Waals surface area contributed by atoms with Gasteiger partial charge >= 0.3 is 0 Å². The zero-order valence-electron chi connectivity index (χ0n) is 22.9. The van der Waals surface area contributed by atoms with Crippen LogP contribution in [0.25, 0.3) is 22.2 Å². The summed E-state index contributed by atoms with van der Waals surface area (Å²) in [6.45, 7) is 9.20. The maximum atomic E-state index is 15.3. The van der Waals surface area contributed by atoms with Gasteiger partial charge in [-0.1, -0.05) is 37.0 Å². The van der Waals surface area contributed by atoms with E-state index in [4.69, 9.17) is 27.9 Å². The van der Waals surface area contributed by atoms with Crippen molar-refractivity contribution in [1.82, 2.24) is 20.2 Å². The van der Waals surface area contributed by atoms with Gasteiger partial charge < -0.3 is 9.64 Å². The molecule has 6 nitrogen and oxygen atoms in total. The quantitative estimate of drug-likeness (QED) is 0.218. The fraction of sp³-hybridized carbons (Fsp3) is 0.379. The van der Waals surface area contributed by atoms with Crippen molar-refractivity contribution in [3.8, 4) is 17.0 Å². The first kappa shape index (κ1) is 27.9. The Morgan fingerprint density at radius 1 is 1.18 bits per heavy atom. The van der Waals surface area contributed by atoms with E-state index in [-0.39, 0.29) is 17.2 Å². The van der Waals surface area contributed by atoms with Crippen LogP contribution < -0.4 is 9.64 Å². The second kappa shape index (κ2) is 10.4. The Labute approximate surface area is 238 Å². The van der Waals surface area contributed by atoms with Crippen LogP contribution in [0, 0.1) is 11.2 Å². The van der Waals surface area contributed by atoms with Crippen molar-refractivity contribution in [1.29, 1.82) is 0 Å². The largest absolute Gasteiger partial charge is 0.496 e. The summed E-state index contributed by atoms with van der Waals surface area (Å²) >= 11 is 12.8. The molecule has 1 N–H and O–H groups in total. The summed E-state index contributed by atoms with van der Waals surface area (Å²) in [7, 11) is 1.64. The van der Waals surface area contributed by atoms with Crippen LogP contribution in [0.5, 0.6) is 5.75 Å². The molecule has 1 saturated heterocycles. The van der Waals surface area contributed by atoms with Crippen LogP contribution in [0.1, 0.15) is 30.9 Å². The normalized spacial score (nSPS) is 15.8. The minimum absolute atomic E-state index is 0.00602. The number of benzene rings is 1. The van der Waals surface area contributed by atoms with Crippen molar-refractivity contribution in [2.24, 2.45) is 5.41 Å². The van der Waals surface area contributed by atoms with Gasteiger partial charge in [0.05, 0.1) is 22.7 Å². The minimum atomic E-state index is -1.17. The van der Waals surface area contributed by atoms with Crippen molar-refractivity contribution in [3.05, 3.63) is 63.8 Å². The number of halogens is 3. The van der Waals surface area contributed by atoms with Gasteiger partial charge in [-0.2, -0.15) is 5.10 Å². The monoisotopic (exact) mass is 587 g/mol. The van der Waals surface area contributed by atoms with Crippen molar-refractivity contribution in [2.45, 2.75) is 26.2 Å². The van der Waals surface area contributed by atoms with E-state index >= 15 is 4.39 Å². The summed E-state index contributed by atoms with van der Waals surface area (Å²) in [6.07, 6.45) is 11.0. The molecule has 10 heteroatoms. The zero-order chi connectivity index (χ0) is 28.1. The number of hydrogen-bond donors (Lipinski definition) is 1. The average molecular weight is 588 g/mol. The number of rotatable bonds is 8. The molecule has 0 saturated carbocycles. The number of hydrogen-bond acceptors (Lipinski definition) is 5. The van der Waals surface area contributed by atoms with Gasteiger partial charge in [-0.15, -0.1) is 13.2 Å². The van der Waals surface area contributed by atoms with E-state index in [0.29, 0.717) is 33.5 Å². The maximum Gasteiger partial charge on any atom is 0.166 e. The fourth-order valence-electron chi connectivity index (χ4n) is 5.93. The predicted octanol–water partition coefficient (Wildman–Crippen LogP) is 7.36. The second-order valence-corrected chi connectivity index (χ2v) is 16.7. The summed E-state index contributed by atoms with van der Waals surface area (Å²) in [6, 6.07) is 5.47. The van der Waals surface area contributed by atoms with Crippen molar-refractivity contribution >= 4 is 53.1 Å². The van der Waals surface area contributed by atoms with Gasteiger partial charge in [-0.05, 0) is 55.1 Å². The molecule has 0 spiro atoms. The molecule has 1 aromatic carbocycles. The van der Waals surface area contributed by atoms with E-state index in [2.05, 4.69) is 53.6 Å². The molecular weight excluding hydrogens is 555 g/mol. The molecule has 0 amide bonds. The van der Waals surface area contributed by atoms with E-state index in [1.807, 2.05) is 17.0 Å². The summed E-state index contributed by atoms with van der Waals surface area (Å²) < 4.78 is 21.0. The highest BCUT2D eigenvalue weighted by Gasteiger charge is 2.41. The molecule has 1 aliphatic rings. The Bertz CT molecular complexity index is 1570. The second-order valence-electron chi connectivity index (χ2n) is 11.7. The van der Waals surface area contributed by atoms with E-state index in [9.17, 15) is 0 Å². The van der Waals surface area contributed by atoms with Gasteiger partial charge in [-0.3, -0.25) is 10.1 Å². The number of methoxy groups -OCH3 is 1. The van der Waals surface area contributed by atoms with Gasteiger partial charge in [0.15, 0.2) is 11.6 Å². The van der Waals surface area contributed by atoms with E-state index in [1.54, 1.807) is 25.7 Å². The SMILES string of the molecule is C=P(C)(C)CC1(C)CN(c2ncc(-c3n[nH]c4cc(OC)c(C[C@H](C)c5c(Cl)cncc5Cl)cc34)cc2F)C1. The molecule has 0 radical (unpaired) electrons. The topological polar surface area (TPSA) is 66.9 Å². The minimum Gasteiger partial charge on any atom is -0.496 e. The molecule has 0 bridgehead atoms. The Kier molecular flexibility index (Phi) is 7.47. The van der Waals surface area contributed by atoms with Crippen LogP contribution in [0.3, 0.4) is 0 Å². The van der Waals surface area contributed by atoms with Gasteiger partial charge in [0.2, 0.25) is 0 Å². The fourth-order valence-corrected chi connectivity index (χ4v) is 8.94. The van der Waals surface area contributed by atoms with Crippen molar-refractivity contribution in [2.75, 3.05) is 44.6 Å². The standard InChI is InChI=1S/C29H33Cl2FN5OP/c1-17(26-21(30)12-33-13-22(26)31)7-18-8-20-24(10-25(18)38-3)35-36-27(20)19-9-23(32)28(34-11-19)37-14-29(2,15-37)16-39(4,5)6/h8-13,17H,4,7,14-16H2,1-3,5-6H3,(H,35,36)/t17-/m0/s1. The third kappa shape index (κ3) is 5.68. The van der Waals surface area contributed by atoms with Crippen LogP contribution >= 0.6 is 30.1 Å².